The minimum Gasteiger partial charge on any atom is -0.325 e. The topological polar surface area (TPSA) is 58.2 Å². The molecule has 0 saturated heterocycles. The molecule has 2 atom stereocenters. The molecule has 2 amide bonds. The number of carbonyl (C=O) groups excluding carboxylic acids is 2. The Morgan fingerprint density at radius 3 is 1.46 bits per heavy atom. The lowest BCUT2D eigenvalue weighted by Gasteiger charge is -2.15. The number of benzene rings is 2. The molecule has 0 saturated carbocycles. The molecular formula is C20H22F2N2O2S2. The first-order chi connectivity index (χ1) is 13.2. The van der Waals surface area contributed by atoms with Crippen LogP contribution in [0.15, 0.2) is 36.4 Å². The van der Waals surface area contributed by atoms with E-state index < -0.39 is 10.5 Å². The molecule has 0 heterocycles. The van der Waals surface area contributed by atoms with E-state index in [4.69, 9.17) is 0 Å². The fourth-order valence-corrected chi connectivity index (χ4v) is 4.23. The molecule has 0 spiro atoms. The maximum absolute atomic E-state index is 13.6. The van der Waals surface area contributed by atoms with Crippen LogP contribution in [0.3, 0.4) is 0 Å². The minimum atomic E-state index is -0.457. The van der Waals surface area contributed by atoms with Crippen LogP contribution in [0.1, 0.15) is 25.0 Å². The molecule has 8 heteroatoms. The Morgan fingerprint density at radius 1 is 0.786 bits per heavy atom. The van der Waals surface area contributed by atoms with Crippen LogP contribution in [-0.2, 0) is 9.59 Å². The largest absolute Gasteiger partial charge is 0.325 e. The summed E-state index contributed by atoms with van der Waals surface area (Å²) in [5, 5.41) is 4.40. The van der Waals surface area contributed by atoms with Crippen LogP contribution in [0.25, 0.3) is 0 Å². The average Bonchev–Trinajstić information content (AvgIpc) is 2.65. The highest BCUT2D eigenvalue weighted by molar-refractivity contribution is 8.77. The zero-order chi connectivity index (χ0) is 20.8. The van der Waals surface area contributed by atoms with Gasteiger partial charge >= 0.3 is 0 Å². The van der Waals surface area contributed by atoms with Gasteiger partial charge in [0.25, 0.3) is 0 Å². The summed E-state index contributed by atoms with van der Waals surface area (Å²) in [6, 6.07) is 9.01. The molecule has 2 aromatic carbocycles. The first-order valence-electron chi connectivity index (χ1n) is 8.63. The maximum Gasteiger partial charge on any atom is 0.238 e. The summed E-state index contributed by atoms with van der Waals surface area (Å²) < 4.78 is 27.1. The molecule has 0 aliphatic rings. The fraction of sp³-hybridized carbons (Fsp3) is 0.300. The Labute approximate surface area is 171 Å². The van der Waals surface area contributed by atoms with Crippen molar-refractivity contribution >= 4 is 44.8 Å². The van der Waals surface area contributed by atoms with Crippen LogP contribution >= 0.6 is 21.6 Å². The van der Waals surface area contributed by atoms with Gasteiger partial charge in [0.05, 0.1) is 10.5 Å². The van der Waals surface area contributed by atoms with E-state index in [1.807, 2.05) is 0 Å². The SMILES string of the molecule is Cc1ccc(NC(=O)[C@H](C)SS[C@@H](C)C(=O)Nc2ccc(C)c(F)c2)cc1F. The second-order valence-electron chi connectivity index (χ2n) is 6.38. The molecule has 0 aliphatic heterocycles. The molecule has 2 rings (SSSR count). The lowest BCUT2D eigenvalue weighted by molar-refractivity contribution is -0.116. The number of hydrogen-bond donors (Lipinski definition) is 2. The number of nitrogens with one attached hydrogen (secondary N) is 2. The number of hydrogen-bond acceptors (Lipinski definition) is 4. The van der Waals surface area contributed by atoms with Gasteiger partial charge in [-0.2, -0.15) is 0 Å². The van der Waals surface area contributed by atoms with Crippen molar-refractivity contribution < 1.29 is 18.4 Å². The Bertz CT molecular complexity index is 806. The lowest BCUT2D eigenvalue weighted by Crippen LogP contribution is -2.24. The summed E-state index contributed by atoms with van der Waals surface area (Å²) >= 11 is 0. The molecule has 2 aromatic rings. The first kappa shape index (κ1) is 22.2. The summed E-state index contributed by atoms with van der Waals surface area (Å²) in [6.07, 6.45) is 0. The zero-order valence-corrected chi connectivity index (χ0v) is 17.6. The summed E-state index contributed by atoms with van der Waals surface area (Å²) in [5.74, 6) is -1.33. The highest BCUT2D eigenvalue weighted by Crippen LogP contribution is 2.32. The van der Waals surface area contributed by atoms with Crippen molar-refractivity contribution in [1.82, 2.24) is 0 Å². The third-order valence-corrected chi connectivity index (χ3v) is 7.14. The summed E-state index contributed by atoms with van der Waals surface area (Å²) in [5.41, 5.74) is 1.78. The van der Waals surface area contributed by atoms with Crippen LogP contribution in [0.2, 0.25) is 0 Å². The van der Waals surface area contributed by atoms with Gasteiger partial charge in [-0.1, -0.05) is 33.7 Å². The van der Waals surface area contributed by atoms with Gasteiger partial charge in [0.15, 0.2) is 0 Å². The molecule has 150 valence electrons. The number of rotatable bonds is 7. The maximum atomic E-state index is 13.6. The summed E-state index contributed by atoms with van der Waals surface area (Å²) in [6.45, 7) is 6.70. The molecule has 0 radical (unpaired) electrons. The molecule has 0 fully saturated rings. The van der Waals surface area contributed by atoms with E-state index in [9.17, 15) is 18.4 Å². The van der Waals surface area contributed by atoms with Crippen molar-refractivity contribution in [3.05, 3.63) is 59.2 Å². The molecule has 0 aliphatic carbocycles. The molecule has 28 heavy (non-hydrogen) atoms. The molecule has 4 nitrogen and oxygen atoms in total. The Hall–Kier alpha value is -2.06. The Morgan fingerprint density at radius 2 is 1.14 bits per heavy atom. The minimum absolute atomic E-state index is 0.283. The monoisotopic (exact) mass is 424 g/mol. The average molecular weight is 425 g/mol. The van der Waals surface area contributed by atoms with Gasteiger partial charge in [0.2, 0.25) is 11.8 Å². The highest BCUT2D eigenvalue weighted by atomic mass is 33.1. The van der Waals surface area contributed by atoms with E-state index in [2.05, 4.69) is 10.6 Å². The van der Waals surface area contributed by atoms with Crippen LogP contribution in [0, 0.1) is 25.5 Å². The number of aryl methyl sites for hydroxylation is 2. The second-order valence-corrected chi connectivity index (χ2v) is 9.34. The summed E-state index contributed by atoms with van der Waals surface area (Å²) in [4.78, 5) is 24.5. The van der Waals surface area contributed by atoms with Crippen LogP contribution in [-0.4, -0.2) is 22.3 Å². The molecular weight excluding hydrogens is 402 g/mol. The van der Waals surface area contributed by atoms with E-state index in [0.29, 0.717) is 22.5 Å². The number of halogens is 2. The number of carbonyl (C=O) groups is 2. The van der Waals surface area contributed by atoms with Crippen LogP contribution in [0.5, 0.6) is 0 Å². The van der Waals surface area contributed by atoms with Crippen LogP contribution in [0.4, 0.5) is 20.2 Å². The van der Waals surface area contributed by atoms with E-state index >= 15 is 0 Å². The Kier molecular flexibility index (Phi) is 7.88. The predicted octanol–water partition coefficient (Wildman–Crippen LogP) is 5.32. The first-order valence-corrected chi connectivity index (χ1v) is 10.9. The van der Waals surface area contributed by atoms with Gasteiger partial charge in [0, 0.05) is 11.4 Å². The third-order valence-electron chi connectivity index (χ3n) is 3.96. The van der Waals surface area contributed by atoms with Crippen molar-refractivity contribution in [2.24, 2.45) is 0 Å². The van der Waals surface area contributed by atoms with Crippen molar-refractivity contribution in [2.75, 3.05) is 10.6 Å². The fourth-order valence-electron chi connectivity index (χ4n) is 2.08. The van der Waals surface area contributed by atoms with Gasteiger partial charge in [0.1, 0.15) is 11.6 Å². The Balaban J connectivity index is 1.83. The number of amides is 2. The van der Waals surface area contributed by atoms with Crippen LogP contribution < -0.4 is 10.6 Å². The van der Waals surface area contributed by atoms with E-state index in [-0.39, 0.29) is 23.4 Å². The molecule has 0 unspecified atom stereocenters. The van der Waals surface area contributed by atoms with Gasteiger partial charge < -0.3 is 10.6 Å². The summed E-state index contributed by atoms with van der Waals surface area (Å²) in [7, 11) is 2.48. The van der Waals surface area contributed by atoms with Crippen molar-refractivity contribution in [3.63, 3.8) is 0 Å². The molecule has 0 aromatic heterocycles. The zero-order valence-electron chi connectivity index (χ0n) is 16.0. The third kappa shape index (κ3) is 6.24. The standard InChI is InChI=1S/C20H22F2N2O2S2/c1-11-5-7-15(9-17(11)21)23-19(25)13(3)27-28-14(4)20(26)24-16-8-6-12(2)18(22)10-16/h5-10,13-14H,1-4H3,(H,23,25)(H,24,26)/t13-,14-/m0/s1. The quantitative estimate of drug-likeness (QED) is 0.591. The molecule has 0 bridgehead atoms. The van der Waals surface area contributed by atoms with Gasteiger partial charge in [-0.25, -0.2) is 8.78 Å². The van der Waals surface area contributed by atoms with Crippen molar-refractivity contribution in [3.8, 4) is 0 Å². The van der Waals surface area contributed by atoms with E-state index in [0.717, 1.165) is 0 Å². The van der Waals surface area contributed by atoms with Gasteiger partial charge in [-0.15, -0.1) is 0 Å². The normalized spacial score (nSPS) is 12.9. The van der Waals surface area contributed by atoms with Gasteiger partial charge in [-0.3, -0.25) is 9.59 Å². The second kappa shape index (κ2) is 9.93. The highest BCUT2D eigenvalue weighted by Gasteiger charge is 2.20. The smallest absolute Gasteiger partial charge is 0.238 e. The van der Waals surface area contributed by atoms with E-state index in [1.165, 1.54) is 33.7 Å². The lowest BCUT2D eigenvalue weighted by atomic mass is 10.2. The van der Waals surface area contributed by atoms with E-state index in [1.54, 1.807) is 52.0 Å². The number of anilines is 2. The van der Waals surface area contributed by atoms with Crippen molar-refractivity contribution in [2.45, 2.75) is 38.2 Å². The van der Waals surface area contributed by atoms with Crippen molar-refractivity contribution in [1.29, 1.82) is 0 Å². The van der Waals surface area contributed by atoms with Gasteiger partial charge in [-0.05, 0) is 63.1 Å². The molecule has 2 N–H and O–H groups in total. The predicted molar refractivity (Wildman–Crippen MR) is 114 cm³/mol.